The van der Waals surface area contributed by atoms with Gasteiger partial charge in [-0.3, -0.25) is 0 Å². The van der Waals surface area contributed by atoms with Gasteiger partial charge < -0.3 is 14.7 Å². The summed E-state index contributed by atoms with van der Waals surface area (Å²) in [6.07, 6.45) is 1.83. The highest BCUT2D eigenvalue weighted by Crippen LogP contribution is 2.37. The summed E-state index contributed by atoms with van der Waals surface area (Å²) in [5.41, 5.74) is 4.21. The molecular weight excluding hydrogens is 388 g/mol. The SMILES string of the molecule is C=CCN1C(=S)NC(c2ccc(C)cc2)C(c2nc(-c3cccs3)no2)=C1C. The molecule has 28 heavy (non-hydrogen) atoms. The molecule has 1 atom stereocenters. The van der Waals surface area contributed by atoms with Crippen molar-refractivity contribution in [3.63, 3.8) is 0 Å². The number of allylic oxidation sites excluding steroid dienone is 1. The van der Waals surface area contributed by atoms with E-state index < -0.39 is 0 Å². The maximum Gasteiger partial charge on any atom is 0.258 e. The normalized spacial score (nSPS) is 17.0. The van der Waals surface area contributed by atoms with Crippen LogP contribution in [-0.2, 0) is 0 Å². The summed E-state index contributed by atoms with van der Waals surface area (Å²) in [5, 5.41) is 10.3. The fourth-order valence-corrected chi connectivity index (χ4v) is 4.23. The second-order valence-electron chi connectivity index (χ2n) is 6.59. The highest BCUT2D eigenvalue weighted by atomic mass is 32.1. The van der Waals surface area contributed by atoms with Crippen LogP contribution in [0.5, 0.6) is 0 Å². The fraction of sp³-hybridized carbons (Fsp3) is 0.190. The van der Waals surface area contributed by atoms with E-state index in [0.717, 1.165) is 21.7 Å². The van der Waals surface area contributed by atoms with Crippen LogP contribution in [0.1, 0.15) is 30.0 Å². The van der Waals surface area contributed by atoms with Crippen molar-refractivity contribution in [3.8, 4) is 10.7 Å². The molecule has 0 saturated heterocycles. The lowest BCUT2D eigenvalue weighted by Gasteiger charge is -2.36. The number of aryl methyl sites for hydroxylation is 1. The summed E-state index contributed by atoms with van der Waals surface area (Å²) < 4.78 is 5.69. The van der Waals surface area contributed by atoms with E-state index in [2.05, 4.69) is 53.2 Å². The predicted molar refractivity (Wildman–Crippen MR) is 117 cm³/mol. The molecule has 0 amide bonds. The van der Waals surface area contributed by atoms with Gasteiger partial charge in [0.25, 0.3) is 5.89 Å². The van der Waals surface area contributed by atoms with E-state index in [-0.39, 0.29) is 6.04 Å². The number of hydrogen-bond donors (Lipinski definition) is 1. The summed E-state index contributed by atoms with van der Waals surface area (Å²) >= 11 is 7.20. The fourth-order valence-electron chi connectivity index (χ4n) is 3.25. The zero-order valence-electron chi connectivity index (χ0n) is 15.7. The molecule has 1 N–H and O–H groups in total. The van der Waals surface area contributed by atoms with Crippen molar-refractivity contribution in [1.82, 2.24) is 20.4 Å². The number of aromatic nitrogens is 2. The van der Waals surface area contributed by atoms with Gasteiger partial charge >= 0.3 is 0 Å². The molecule has 7 heteroatoms. The number of thiocarbonyl (C=S) groups is 1. The number of nitrogens with one attached hydrogen (secondary N) is 1. The third-order valence-corrected chi connectivity index (χ3v) is 5.92. The molecule has 3 aromatic rings. The number of rotatable bonds is 5. The van der Waals surface area contributed by atoms with Crippen molar-refractivity contribution in [2.24, 2.45) is 0 Å². The molecule has 3 heterocycles. The van der Waals surface area contributed by atoms with Gasteiger partial charge in [-0.15, -0.1) is 17.9 Å². The van der Waals surface area contributed by atoms with Crippen LogP contribution in [0.15, 0.2) is 64.7 Å². The first kappa shape index (κ1) is 18.6. The first-order chi connectivity index (χ1) is 13.6. The zero-order chi connectivity index (χ0) is 19.7. The van der Waals surface area contributed by atoms with Crippen LogP contribution in [0.2, 0.25) is 0 Å². The van der Waals surface area contributed by atoms with Gasteiger partial charge in [-0.25, -0.2) is 0 Å². The summed E-state index contributed by atoms with van der Waals surface area (Å²) in [5.74, 6) is 1.09. The minimum Gasteiger partial charge on any atom is -0.351 e. The Morgan fingerprint density at radius 2 is 2.07 bits per heavy atom. The first-order valence-electron chi connectivity index (χ1n) is 8.92. The van der Waals surface area contributed by atoms with Crippen molar-refractivity contribution in [2.75, 3.05) is 6.54 Å². The highest BCUT2D eigenvalue weighted by Gasteiger charge is 2.33. The van der Waals surface area contributed by atoms with Crippen LogP contribution in [-0.4, -0.2) is 26.7 Å². The Balaban J connectivity index is 1.83. The van der Waals surface area contributed by atoms with Crippen molar-refractivity contribution >= 4 is 34.2 Å². The van der Waals surface area contributed by atoms with E-state index in [1.807, 2.05) is 35.4 Å². The van der Waals surface area contributed by atoms with E-state index in [0.29, 0.717) is 23.4 Å². The highest BCUT2D eigenvalue weighted by molar-refractivity contribution is 7.80. The average molecular weight is 409 g/mol. The third-order valence-electron chi connectivity index (χ3n) is 4.72. The minimum atomic E-state index is -0.161. The Hall–Kier alpha value is -2.77. The third kappa shape index (κ3) is 3.39. The van der Waals surface area contributed by atoms with Crippen molar-refractivity contribution in [2.45, 2.75) is 19.9 Å². The molecule has 142 valence electrons. The molecule has 0 saturated carbocycles. The summed E-state index contributed by atoms with van der Waals surface area (Å²) in [6, 6.07) is 12.2. The zero-order valence-corrected chi connectivity index (χ0v) is 17.3. The largest absolute Gasteiger partial charge is 0.351 e. The Kier molecular flexibility index (Phi) is 5.11. The Labute approximate surface area is 173 Å². The molecule has 5 nitrogen and oxygen atoms in total. The molecule has 0 radical (unpaired) electrons. The van der Waals surface area contributed by atoms with Crippen molar-refractivity contribution in [1.29, 1.82) is 0 Å². The van der Waals surface area contributed by atoms with E-state index in [4.69, 9.17) is 16.7 Å². The lowest BCUT2D eigenvalue weighted by molar-refractivity contribution is 0.399. The monoisotopic (exact) mass is 408 g/mol. The maximum absolute atomic E-state index is 5.69. The second kappa shape index (κ2) is 7.69. The van der Waals surface area contributed by atoms with Gasteiger partial charge in [0.15, 0.2) is 5.11 Å². The van der Waals surface area contributed by atoms with Gasteiger partial charge in [-0.1, -0.05) is 47.1 Å². The van der Waals surface area contributed by atoms with E-state index in [1.165, 1.54) is 5.56 Å². The average Bonchev–Trinajstić information content (AvgIpc) is 3.37. The smallest absolute Gasteiger partial charge is 0.258 e. The molecule has 0 bridgehead atoms. The number of nitrogens with zero attached hydrogens (tertiary/aromatic N) is 3. The Bertz CT molecular complexity index is 1030. The van der Waals surface area contributed by atoms with Crippen molar-refractivity contribution in [3.05, 3.63) is 77.1 Å². The maximum atomic E-state index is 5.69. The second-order valence-corrected chi connectivity index (χ2v) is 7.93. The van der Waals surface area contributed by atoms with Crippen LogP contribution in [0.3, 0.4) is 0 Å². The molecule has 1 aromatic carbocycles. The molecule has 1 aliphatic heterocycles. The number of thiophene rings is 1. The van der Waals surface area contributed by atoms with Gasteiger partial charge in [0, 0.05) is 12.2 Å². The van der Waals surface area contributed by atoms with Crippen LogP contribution in [0.4, 0.5) is 0 Å². The molecule has 4 rings (SSSR count). The topological polar surface area (TPSA) is 54.2 Å². The van der Waals surface area contributed by atoms with Crippen LogP contribution >= 0.6 is 23.6 Å². The Morgan fingerprint density at radius 1 is 1.29 bits per heavy atom. The van der Waals surface area contributed by atoms with Gasteiger partial charge in [0.2, 0.25) is 5.82 Å². The molecule has 2 aromatic heterocycles. The summed E-state index contributed by atoms with van der Waals surface area (Å²) in [6.45, 7) is 8.55. The first-order valence-corrected chi connectivity index (χ1v) is 10.2. The summed E-state index contributed by atoms with van der Waals surface area (Å²) in [7, 11) is 0. The van der Waals surface area contributed by atoms with Crippen LogP contribution in [0, 0.1) is 6.92 Å². The van der Waals surface area contributed by atoms with Gasteiger partial charge in [-0.2, -0.15) is 4.98 Å². The van der Waals surface area contributed by atoms with Crippen LogP contribution < -0.4 is 5.32 Å². The Morgan fingerprint density at radius 3 is 2.75 bits per heavy atom. The van der Waals surface area contributed by atoms with Crippen molar-refractivity contribution < 1.29 is 4.52 Å². The minimum absolute atomic E-state index is 0.161. The van der Waals surface area contributed by atoms with Gasteiger partial charge in [-0.05, 0) is 43.1 Å². The molecule has 0 aliphatic carbocycles. The lowest BCUT2D eigenvalue weighted by atomic mass is 9.94. The molecule has 1 aliphatic rings. The summed E-state index contributed by atoms with van der Waals surface area (Å²) in [4.78, 5) is 7.65. The van der Waals surface area contributed by atoms with Gasteiger partial charge in [0.05, 0.1) is 16.5 Å². The lowest BCUT2D eigenvalue weighted by Crippen LogP contribution is -2.45. The molecular formula is C21H20N4OS2. The van der Waals surface area contributed by atoms with Crippen LogP contribution in [0.25, 0.3) is 16.3 Å². The molecule has 0 fully saturated rings. The standard InChI is InChI=1S/C21H20N4OS2/c1-4-11-25-14(3)17(20-23-19(24-26-20)16-6-5-12-28-16)18(22-21(25)27)15-9-7-13(2)8-10-15/h4-10,12,18H,1,11H2,2-3H3,(H,22,27). The number of benzene rings is 1. The van der Waals surface area contributed by atoms with Gasteiger partial charge in [0.1, 0.15) is 0 Å². The number of hydrogen-bond acceptors (Lipinski definition) is 5. The van der Waals surface area contributed by atoms with E-state index in [9.17, 15) is 0 Å². The van der Waals surface area contributed by atoms with E-state index >= 15 is 0 Å². The quantitative estimate of drug-likeness (QED) is 0.476. The molecule has 1 unspecified atom stereocenters. The van der Waals surface area contributed by atoms with E-state index in [1.54, 1.807) is 11.3 Å². The molecule has 0 spiro atoms. The predicted octanol–water partition coefficient (Wildman–Crippen LogP) is 4.95.